The maximum Gasteiger partial charge on any atom is 0.0642 e. The lowest BCUT2D eigenvalue weighted by Gasteiger charge is -2.21. The summed E-state index contributed by atoms with van der Waals surface area (Å²) in [6, 6.07) is 145. The van der Waals surface area contributed by atoms with Crippen molar-refractivity contribution < 1.29 is 0 Å². The maximum atomic E-state index is 2.62. The van der Waals surface area contributed by atoms with E-state index in [4.69, 9.17) is 0 Å². The van der Waals surface area contributed by atoms with Gasteiger partial charge in [-0.1, -0.05) is 338 Å². The van der Waals surface area contributed by atoms with Crippen LogP contribution < -0.4 is 0 Å². The number of fused-ring (bicyclic) bond motifs is 48. The average Bonchev–Trinajstić information content (AvgIpc) is 1.49. The van der Waals surface area contributed by atoms with Gasteiger partial charge < -0.3 is 22.3 Å². The lowest BCUT2D eigenvalue weighted by molar-refractivity contribution is 0.661. The summed E-state index contributed by atoms with van der Waals surface area (Å²) in [5.41, 5.74) is 52.2. The minimum absolute atomic E-state index is 0.0426. The molecular weight excluding hydrogens is 1750 g/mol. The van der Waals surface area contributed by atoms with E-state index >= 15 is 0 Å². The molecule has 8 aromatic heterocycles. The first-order chi connectivity index (χ1) is 70.5. The molecule has 6 aliphatic rings. The zero-order valence-electron chi connectivity index (χ0n) is 83.1. The Bertz CT molecular complexity index is 11000. The van der Waals surface area contributed by atoms with Crippen molar-refractivity contribution in [2.45, 2.75) is 116 Å². The van der Waals surface area contributed by atoms with Crippen LogP contribution in [0, 0.1) is 0 Å². The van der Waals surface area contributed by atoms with Crippen molar-refractivity contribution in [1.29, 1.82) is 0 Å². The summed E-state index contributed by atoms with van der Waals surface area (Å²) in [5, 5.41) is 26.7. The van der Waals surface area contributed by atoms with E-state index in [1.54, 1.807) is 0 Å². The third kappa shape index (κ3) is 9.78. The van der Waals surface area contributed by atoms with Gasteiger partial charge in [0.25, 0.3) is 0 Å². The molecule has 21 aromatic carbocycles. The van der Waals surface area contributed by atoms with Gasteiger partial charge in [0, 0.05) is 130 Å². The van der Waals surface area contributed by atoms with Crippen molar-refractivity contribution in [3.05, 3.63) is 449 Å². The minimum Gasteiger partial charge on any atom is -0.309 e. The maximum absolute atomic E-state index is 2.62. The predicted octanol–water partition coefficient (Wildman–Crippen LogP) is 36.8. The van der Waals surface area contributed by atoms with Crippen LogP contribution in [-0.2, 0) is 32.5 Å². The Morgan fingerprint density at radius 3 is 0.828 bits per heavy atom. The smallest absolute Gasteiger partial charge is 0.0642 e. The normalized spacial score (nSPS) is 15.6. The van der Waals surface area contributed by atoms with Gasteiger partial charge >= 0.3 is 0 Å². The van der Waals surface area contributed by atoms with Crippen LogP contribution in [0.1, 0.15) is 150 Å². The van der Waals surface area contributed by atoms with E-state index in [1.165, 1.54) is 324 Å². The molecule has 0 amide bonds. The average molecular weight is 1850 g/mol. The van der Waals surface area contributed by atoms with Crippen LogP contribution >= 0.6 is 0 Å². The summed E-state index contributed by atoms with van der Waals surface area (Å²) in [6.07, 6.45) is 0. The molecule has 35 rings (SSSR count). The summed E-state index contributed by atoms with van der Waals surface area (Å²) >= 11 is 0. The zero-order valence-corrected chi connectivity index (χ0v) is 83.1. The van der Waals surface area contributed by atoms with Gasteiger partial charge in [-0.2, -0.15) is 0 Å². The van der Waals surface area contributed by atoms with E-state index in [-0.39, 0.29) is 32.5 Å². The monoisotopic (exact) mass is 1850 g/mol. The van der Waals surface area contributed by atoms with E-state index in [0.29, 0.717) is 0 Å². The molecule has 0 N–H and O–H groups in total. The highest BCUT2D eigenvalue weighted by molar-refractivity contribution is 6.39. The molecule has 145 heavy (non-hydrogen) atoms. The molecule has 8 heterocycles. The number of hydrogen-bond donors (Lipinski definition) is 0. The van der Waals surface area contributed by atoms with E-state index in [0.717, 1.165) is 0 Å². The largest absolute Gasteiger partial charge is 0.309 e. The molecule has 6 aliphatic carbocycles. The molecule has 0 fully saturated rings. The van der Waals surface area contributed by atoms with Crippen LogP contribution in [0.3, 0.4) is 0 Å². The van der Waals surface area contributed by atoms with E-state index in [2.05, 4.69) is 488 Å². The lowest BCUT2D eigenvalue weighted by Crippen LogP contribution is -2.14. The van der Waals surface area contributed by atoms with Crippen LogP contribution in [0.2, 0.25) is 0 Å². The van der Waals surface area contributed by atoms with Gasteiger partial charge in [-0.15, -0.1) is 0 Å². The first-order valence-corrected chi connectivity index (χ1v) is 51.9. The van der Waals surface area contributed by atoms with Crippen LogP contribution in [-0.4, -0.2) is 22.3 Å². The molecule has 29 aromatic rings. The third-order valence-corrected chi connectivity index (χ3v) is 36.9. The quantitative estimate of drug-likeness (QED) is 0.154. The topological polar surface area (TPSA) is 23.1 Å². The summed E-state index contributed by atoms with van der Waals surface area (Å²) in [4.78, 5) is 0. The third-order valence-electron chi connectivity index (χ3n) is 36.9. The molecule has 0 saturated carbocycles. The van der Waals surface area contributed by atoms with Crippen LogP contribution in [0.25, 0.3) is 258 Å². The Kier molecular flexibility index (Phi) is 15.0. The van der Waals surface area contributed by atoms with Gasteiger partial charge in [-0.25, -0.2) is 0 Å². The summed E-state index contributed by atoms with van der Waals surface area (Å²) in [6.45, 7) is 28.7. The fourth-order valence-electron chi connectivity index (χ4n) is 30.1. The molecule has 0 aliphatic heterocycles. The molecule has 5 heteroatoms. The SMILES string of the molecule is CC1(C)c2ccccc2-c2cc3c(cc21)c1cc2c(c4ccccc4n2-c2ccccc2)c2c4cc5c(cc4n3c12)-c1ccccc1C5(C)C.CC1(C)c2ccccc2-c2cc3c(cc21)c1cc2c4ccccc4ccc2c2c4cc5c(cc4n3c12)-c1ccccc1C5(C)C.CC1(C)c2ccccc2-c2cc3c(cc21)c1cc2c4ccccc4n(-c4ccccc4)c2c2c4cc5c(cc4n3c12)-c1ccccc1C5(C)C. The number of benzene rings is 21. The molecule has 0 bridgehead atoms. The van der Waals surface area contributed by atoms with E-state index < -0.39 is 0 Å². The Labute approximate surface area is 838 Å². The lowest BCUT2D eigenvalue weighted by atomic mass is 9.81. The predicted molar refractivity (Wildman–Crippen MR) is 612 cm³/mol. The highest BCUT2D eigenvalue weighted by Gasteiger charge is 2.45. The second kappa shape index (κ2) is 26.9. The Balaban J connectivity index is 0.0000000955. The van der Waals surface area contributed by atoms with Crippen LogP contribution in [0.5, 0.6) is 0 Å². The fourth-order valence-corrected chi connectivity index (χ4v) is 30.1. The second-order valence-electron chi connectivity index (χ2n) is 46.0. The highest BCUT2D eigenvalue weighted by Crippen LogP contribution is 2.63. The molecule has 0 atom stereocenters. The van der Waals surface area contributed by atoms with Gasteiger partial charge in [-0.05, 0) is 282 Å². The molecule has 684 valence electrons. The first-order valence-electron chi connectivity index (χ1n) is 51.9. The van der Waals surface area contributed by atoms with Crippen LogP contribution in [0.15, 0.2) is 382 Å². The van der Waals surface area contributed by atoms with Gasteiger partial charge in [-0.3, -0.25) is 0 Å². The van der Waals surface area contributed by atoms with Gasteiger partial charge in [0.2, 0.25) is 0 Å². The molecule has 0 saturated heterocycles. The zero-order chi connectivity index (χ0) is 96.5. The van der Waals surface area contributed by atoms with Gasteiger partial charge in [0.1, 0.15) is 0 Å². The molecule has 0 spiro atoms. The fraction of sp³-hybridized carbons (Fsp3) is 0.129. The van der Waals surface area contributed by atoms with Crippen LogP contribution in [0.4, 0.5) is 0 Å². The van der Waals surface area contributed by atoms with Crippen molar-refractivity contribution >= 4 is 179 Å². The number of aromatic nitrogens is 5. The molecule has 0 radical (unpaired) electrons. The number of hydrogen-bond acceptors (Lipinski definition) is 0. The van der Waals surface area contributed by atoms with E-state index in [9.17, 15) is 0 Å². The standard InChI is InChI=1S/2C48H34N2.C44H31N/c1-47(2)37-19-11-8-16-28(37)31-25-42-33(23-39(31)47)35-22-34-30-18-10-13-21-41(30)49(27-14-6-5-7-15-27)45(34)44-36-24-40-32(26-43(36)50(42)46(35)44)29-17-9-12-20-38(29)48(40,3)4;1-47(2)36-19-11-8-16-28(36)31-24-41-33(22-38(31)47)34-26-43-44(30-18-10-13-21-40(30)49(43)27-14-6-5-7-15-27)45-35-23-39-32(25-42(35)50(41)46(34)45)29-17-9-12-20-37(29)48(39,3)4;1-43(2)35-15-9-7-13-26(35)30-22-39-32(20-37(30)43)33-19-29-25-12-6-5-11-24(25)17-18-28(29)41-34-21-38-31(23-40(34)45(39)42(33)41)27-14-8-10-16-36(27)44(38,3)4/h2*5-26H,1-4H3;5-23H,1-4H3. The van der Waals surface area contributed by atoms with Crippen molar-refractivity contribution in [2.75, 3.05) is 0 Å². The number of nitrogens with zero attached hydrogens (tertiary/aromatic N) is 5. The summed E-state index contributed by atoms with van der Waals surface area (Å²) in [7, 11) is 0. The van der Waals surface area contributed by atoms with Crippen molar-refractivity contribution in [1.82, 2.24) is 22.3 Å². The molecule has 5 nitrogen and oxygen atoms in total. The Morgan fingerprint density at radius 1 is 0.138 bits per heavy atom. The van der Waals surface area contributed by atoms with E-state index in [1.807, 2.05) is 0 Å². The van der Waals surface area contributed by atoms with Gasteiger partial charge in [0.05, 0.1) is 71.7 Å². The van der Waals surface area contributed by atoms with Gasteiger partial charge in [0.15, 0.2) is 0 Å². The van der Waals surface area contributed by atoms with Crippen molar-refractivity contribution in [3.8, 4) is 78.1 Å². The van der Waals surface area contributed by atoms with Crippen molar-refractivity contribution in [3.63, 3.8) is 0 Å². The first kappa shape index (κ1) is 80.8. The second-order valence-corrected chi connectivity index (χ2v) is 46.0. The van der Waals surface area contributed by atoms with Crippen molar-refractivity contribution in [2.24, 2.45) is 0 Å². The number of rotatable bonds is 2. The summed E-state index contributed by atoms with van der Waals surface area (Å²) in [5.74, 6) is 0. The minimum atomic E-state index is -0.0878. The Hall–Kier alpha value is -16.9. The summed E-state index contributed by atoms with van der Waals surface area (Å²) < 4.78 is 12.8. The number of para-hydroxylation sites is 4. The Morgan fingerprint density at radius 2 is 0.421 bits per heavy atom. The molecular formula is C140H99N5. The highest BCUT2D eigenvalue weighted by atomic mass is 15.0. The molecule has 0 unspecified atom stereocenters.